The maximum atomic E-state index is 6.50. The summed E-state index contributed by atoms with van der Waals surface area (Å²) in [5.41, 5.74) is 5.03. The Morgan fingerprint density at radius 2 is 1.64 bits per heavy atom. The second kappa shape index (κ2) is 10.6. The highest BCUT2D eigenvalue weighted by molar-refractivity contribution is 7.80. The summed E-state index contributed by atoms with van der Waals surface area (Å²) < 4.78 is 12.5. The smallest absolute Gasteiger partial charge is 0.174 e. The van der Waals surface area contributed by atoms with Crippen LogP contribution in [0.5, 0.6) is 11.5 Å². The summed E-state index contributed by atoms with van der Waals surface area (Å²) in [7, 11) is 0. The lowest BCUT2D eigenvalue weighted by atomic mass is 10.0. The predicted molar refractivity (Wildman–Crippen MR) is 160 cm³/mol. The van der Waals surface area contributed by atoms with Crippen LogP contribution in [-0.2, 0) is 0 Å². The van der Waals surface area contributed by atoms with Crippen molar-refractivity contribution in [1.29, 1.82) is 0 Å². The largest absolute Gasteiger partial charge is 0.459 e. The van der Waals surface area contributed by atoms with Gasteiger partial charge in [-0.15, -0.1) is 0 Å². The molecule has 2 atom stereocenters. The summed E-state index contributed by atoms with van der Waals surface area (Å²) >= 11 is 12.2. The van der Waals surface area contributed by atoms with Crippen molar-refractivity contribution in [1.82, 2.24) is 10.3 Å². The van der Waals surface area contributed by atoms with Gasteiger partial charge in [-0.1, -0.05) is 41.4 Å². The molecular weight excluding hydrogens is 526 g/mol. The van der Waals surface area contributed by atoms with E-state index in [2.05, 4.69) is 22.1 Å². The minimum Gasteiger partial charge on any atom is -0.459 e. The highest BCUT2D eigenvalue weighted by Gasteiger charge is 2.42. The van der Waals surface area contributed by atoms with E-state index in [1.165, 1.54) is 5.56 Å². The number of aromatic nitrogens is 1. The lowest BCUT2D eigenvalue weighted by Crippen LogP contribution is -2.29. The summed E-state index contributed by atoms with van der Waals surface area (Å²) in [5.74, 6) is 3.06. The molecule has 3 aromatic carbocycles. The number of rotatable bonds is 6. The number of thiocarbonyl (C=S) groups is 1. The van der Waals surface area contributed by atoms with Gasteiger partial charge in [0.2, 0.25) is 0 Å². The Labute approximate surface area is 238 Å². The Balaban J connectivity index is 1.36. The quantitative estimate of drug-likeness (QED) is 0.213. The molecule has 5 nitrogen and oxygen atoms in total. The molecule has 6 rings (SSSR count). The molecule has 1 fully saturated rings. The molecule has 0 aliphatic carbocycles. The number of nitrogens with zero attached hydrogens (tertiary/aromatic N) is 2. The Bertz CT molecular complexity index is 1620. The maximum Gasteiger partial charge on any atom is 0.174 e. The minimum absolute atomic E-state index is 0.207. The number of hydrogen-bond acceptors (Lipinski definition) is 4. The van der Waals surface area contributed by atoms with E-state index in [-0.39, 0.29) is 12.1 Å². The Morgan fingerprint density at radius 3 is 2.36 bits per heavy atom. The van der Waals surface area contributed by atoms with Crippen molar-refractivity contribution in [3.05, 3.63) is 131 Å². The fraction of sp³-hybridized carbons (Fsp3) is 0.125. The third-order valence-corrected chi connectivity index (χ3v) is 7.40. The van der Waals surface area contributed by atoms with Crippen molar-refractivity contribution in [3.63, 3.8) is 0 Å². The van der Waals surface area contributed by atoms with Gasteiger partial charge >= 0.3 is 0 Å². The van der Waals surface area contributed by atoms with E-state index >= 15 is 0 Å². The van der Waals surface area contributed by atoms with Crippen molar-refractivity contribution in [2.45, 2.75) is 25.9 Å². The van der Waals surface area contributed by atoms with Gasteiger partial charge in [0, 0.05) is 22.5 Å². The standard InChI is InChI=1S/C32H26ClN3O2S/c1-20-6-12-24(13-7-20)37-25-14-10-23(11-15-25)36-31(30(35-32(36)39)27-5-3-4-18-34-27)29-17-16-28(38-29)26-19-22(33)9-8-21(26)2/h3-19,30-31H,1-2H3,(H,35,39). The minimum atomic E-state index is -0.260. The van der Waals surface area contributed by atoms with E-state index in [4.69, 9.17) is 33.0 Å². The number of aryl methyl sites for hydroxylation is 2. The number of hydrogen-bond donors (Lipinski definition) is 1. The van der Waals surface area contributed by atoms with Gasteiger partial charge in [-0.2, -0.15) is 0 Å². The first-order valence-corrected chi connectivity index (χ1v) is 13.5. The van der Waals surface area contributed by atoms with E-state index in [9.17, 15) is 0 Å². The Hall–Kier alpha value is -4.13. The molecule has 5 aromatic rings. The van der Waals surface area contributed by atoms with Crippen LogP contribution in [-0.4, -0.2) is 10.1 Å². The zero-order valence-electron chi connectivity index (χ0n) is 21.5. The monoisotopic (exact) mass is 551 g/mol. The molecule has 7 heteroatoms. The van der Waals surface area contributed by atoms with Crippen LogP contribution in [0.4, 0.5) is 5.69 Å². The fourth-order valence-corrected chi connectivity index (χ4v) is 5.37. The Kier molecular flexibility index (Phi) is 6.81. The topological polar surface area (TPSA) is 50.5 Å². The first-order chi connectivity index (χ1) is 19.0. The van der Waals surface area contributed by atoms with Gasteiger partial charge in [-0.25, -0.2) is 0 Å². The first kappa shape index (κ1) is 25.2. The van der Waals surface area contributed by atoms with E-state index in [1.54, 1.807) is 6.20 Å². The molecule has 0 radical (unpaired) electrons. The van der Waals surface area contributed by atoms with E-state index in [0.717, 1.165) is 45.5 Å². The van der Waals surface area contributed by atoms with E-state index < -0.39 is 0 Å². The second-order valence-corrected chi connectivity index (χ2v) is 10.4. The van der Waals surface area contributed by atoms with Crippen molar-refractivity contribution in [3.8, 4) is 22.8 Å². The number of nitrogens with one attached hydrogen (secondary N) is 1. The van der Waals surface area contributed by atoms with Gasteiger partial charge in [0.25, 0.3) is 0 Å². The molecule has 3 heterocycles. The lowest BCUT2D eigenvalue weighted by molar-refractivity contribution is 0.439. The van der Waals surface area contributed by atoms with Crippen molar-refractivity contribution in [2.24, 2.45) is 0 Å². The second-order valence-electron chi connectivity index (χ2n) is 9.57. The zero-order chi connectivity index (χ0) is 26.9. The molecule has 1 aliphatic rings. The molecule has 1 aliphatic heterocycles. The van der Waals surface area contributed by atoms with E-state index in [1.807, 2.05) is 104 Å². The third kappa shape index (κ3) is 5.13. The van der Waals surface area contributed by atoms with Gasteiger partial charge in [-0.05, 0) is 104 Å². The molecule has 0 bridgehead atoms. The highest BCUT2D eigenvalue weighted by atomic mass is 35.5. The summed E-state index contributed by atoms with van der Waals surface area (Å²) in [6, 6.07) is 31.1. The molecule has 0 spiro atoms. The third-order valence-electron chi connectivity index (χ3n) is 6.85. The molecule has 2 aromatic heterocycles. The van der Waals surface area contributed by atoms with Gasteiger partial charge in [-0.3, -0.25) is 4.98 Å². The van der Waals surface area contributed by atoms with Crippen LogP contribution in [0.25, 0.3) is 11.3 Å². The van der Waals surface area contributed by atoms with Crippen LogP contribution in [0.2, 0.25) is 5.02 Å². The molecule has 194 valence electrons. The number of pyridine rings is 1. The highest BCUT2D eigenvalue weighted by Crippen LogP contribution is 2.43. The molecular formula is C32H26ClN3O2S. The first-order valence-electron chi connectivity index (χ1n) is 12.7. The average Bonchev–Trinajstić information content (AvgIpc) is 3.57. The average molecular weight is 552 g/mol. The summed E-state index contributed by atoms with van der Waals surface area (Å²) in [6.45, 7) is 4.10. The summed E-state index contributed by atoms with van der Waals surface area (Å²) in [4.78, 5) is 6.71. The molecule has 0 amide bonds. The SMILES string of the molecule is Cc1ccc(Oc2ccc(N3C(=S)NC(c4ccccn4)C3c3ccc(-c4cc(Cl)ccc4C)o3)cc2)cc1. The predicted octanol–water partition coefficient (Wildman–Crippen LogP) is 8.58. The fourth-order valence-electron chi connectivity index (χ4n) is 4.86. The number of halogens is 1. The summed E-state index contributed by atoms with van der Waals surface area (Å²) in [5, 5.41) is 4.74. The molecule has 39 heavy (non-hydrogen) atoms. The van der Waals surface area contributed by atoms with Crippen LogP contribution in [0.3, 0.4) is 0 Å². The Morgan fingerprint density at radius 1 is 0.897 bits per heavy atom. The summed E-state index contributed by atoms with van der Waals surface area (Å²) in [6.07, 6.45) is 1.79. The lowest BCUT2D eigenvalue weighted by Gasteiger charge is -2.26. The van der Waals surface area contributed by atoms with Crippen LogP contribution < -0.4 is 15.0 Å². The van der Waals surface area contributed by atoms with E-state index in [0.29, 0.717) is 10.1 Å². The number of ether oxygens (including phenoxy) is 1. The van der Waals surface area contributed by atoms with Gasteiger partial charge in [0.05, 0.1) is 11.7 Å². The number of benzene rings is 3. The molecule has 0 saturated carbocycles. The van der Waals surface area contributed by atoms with Crippen LogP contribution in [0.15, 0.2) is 108 Å². The number of anilines is 1. The van der Waals surface area contributed by atoms with Crippen molar-refractivity contribution < 1.29 is 9.15 Å². The molecule has 2 unspecified atom stereocenters. The zero-order valence-corrected chi connectivity index (χ0v) is 23.0. The molecule has 1 N–H and O–H groups in total. The van der Waals surface area contributed by atoms with Crippen LogP contribution >= 0.6 is 23.8 Å². The van der Waals surface area contributed by atoms with Crippen molar-refractivity contribution in [2.75, 3.05) is 4.90 Å². The van der Waals surface area contributed by atoms with Gasteiger partial charge in [0.1, 0.15) is 29.1 Å². The normalized spacial score (nSPS) is 16.8. The van der Waals surface area contributed by atoms with Crippen LogP contribution in [0, 0.1) is 13.8 Å². The van der Waals surface area contributed by atoms with Gasteiger partial charge in [0.15, 0.2) is 5.11 Å². The van der Waals surface area contributed by atoms with Crippen molar-refractivity contribution >= 4 is 34.6 Å². The maximum absolute atomic E-state index is 6.50. The van der Waals surface area contributed by atoms with Crippen LogP contribution in [0.1, 0.15) is 34.7 Å². The molecule has 1 saturated heterocycles. The van der Waals surface area contributed by atoms with Gasteiger partial charge < -0.3 is 19.4 Å². The number of furan rings is 1.